The summed E-state index contributed by atoms with van der Waals surface area (Å²) in [5, 5.41) is 16.1. The van der Waals surface area contributed by atoms with E-state index in [0.717, 1.165) is 11.0 Å². The molecule has 2 rings (SSSR count). The van der Waals surface area contributed by atoms with Gasteiger partial charge in [0.15, 0.2) is 0 Å². The third kappa shape index (κ3) is 2.59. The van der Waals surface area contributed by atoms with E-state index >= 15 is 0 Å². The molecule has 0 atom stereocenters. The van der Waals surface area contributed by atoms with Crippen molar-refractivity contribution < 1.29 is 14.3 Å². The van der Waals surface area contributed by atoms with Crippen LogP contribution < -0.4 is 0 Å². The zero-order chi connectivity index (χ0) is 12.4. The number of hydrogen-bond acceptors (Lipinski definition) is 5. The van der Waals surface area contributed by atoms with Crippen molar-refractivity contribution in [1.29, 1.82) is 0 Å². The molecular formula is C11H10N2O3S. The highest BCUT2D eigenvalue weighted by atomic mass is 32.1. The molecule has 0 saturated carbocycles. The van der Waals surface area contributed by atoms with E-state index in [0.29, 0.717) is 5.89 Å². The first-order valence-electron chi connectivity index (χ1n) is 4.88. The van der Waals surface area contributed by atoms with Gasteiger partial charge in [-0.1, -0.05) is 0 Å². The van der Waals surface area contributed by atoms with Crippen LogP contribution in [0.1, 0.15) is 16.3 Å². The maximum Gasteiger partial charge on any atom is 0.328 e. The van der Waals surface area contributed by atoms with Gasteiger partial charge in [-0.05, 0) is 25.5 Å². The summed E-state index contributed by atoms with van der Waals surface area (Å²) >= 11 is 1.57. The number of nitrogens with zero attached hydrogens (tertiary/aromatic N) is 2. The normalized spacial score (nSPS) is 11.2. The number of carbonyl (C=O) groups is 1. The molecule has 1 N–H and O–H groups in total. The van der Waals surface area contributed by atoms with Crippen molar-refractivity contribution in [3.63, 3.8) is 0 Å². The van der Waals surface area contributed by atoms with Crippen LogP contribution in [0.4, 0.5) is 0 Å². The van der Waals surface area contributed by atoms with Crippen LogP contribution in [0.15, 0.2) is 16.6 Å². The highest BCUT2D eigenvalue weighted by Gasteiger charge is 2.10. The van der Waals surface area contributed by atoms with Gasteiger partial charge in [0.2, 0.25) is 5.89 Å². The van der Waals surface area contributed by atoms with Gasteiger partial charge < -0.3 is 9.52 Å². The molecule has 2 aromatic heterocycles. The lowest BCUT2D eigenvalue weighted by Crippen LogP contribution is -1.85. The maximum atomic E-state index is 10.3. The lowest BCUT2D eigenvalue weighted by Gasteiger charge is -1.84. The summed E-state index contributed by atoms with van der Waals surface area (Å²) in [5.74, 6) is -0.449. The van der Waals surface area contributed by atoms with Gasteiger partial charge in [-0.2, -0.15) is 0 Å². The summed E-state index contributed by atoms with van der Waals surface area (Å²) in [6.07, 6.45) is 2.23. The second-order valence-electron chi connectivity index (χ2n) is 3.47. The summed E-state index contributed by atoms with van der Waals surface area (Å²) < 4.78 is 5.33. The zero-order valence-electron chi connectivity index (χ0n) is 9.30. The van der Waals surface area contributed by atoms with Crippen molar-refractivity contribution in [1.82, 2.24) is 10.2 Å². The number of aromatic nitrogens is 2. The van der Waals surface area contributed by atoms with Gasteiger partial charge in [0.1, 0.15) is 0 Å². The van der Waals surface area contributed by atoms with Gasteiger partial charge in [0, 0.05) is 17.0 Å². The molecule has 0 radical (unpaired) electrons. The van der Waals surface area contributed by atoms with Crippen molar-refractivity contribution in [2.75, 3.05) is 0 Å². The van der Waals surface area contributed by atoms with Gasteiger partial charge in [-0.3, -0.25) is 0 Å². The average Bonchev–Trinajstić information content (AvgIpc) is 2.84. The SMILES string of the molecule is Cc1cc(-c2nnc(/C=C/C(=O)O)o2)sc1C. The van der Waals surface area contributed by atoms with Crippen molar-refractivity contribution in [2.24, 2.45) is 0 Å². The molecule has 17 heavy (non-hydrogen) atoms. The molecule has 0 aliphatic rings. The van der Waals surface area contributed by atoms with Crippen molar-refractivity contribution >= 4 is 23.4 Å². The van der Waals surface area contributed by atoms with Crippen LogP contribution in [0.5, 0.6) is 0 Å². The second-order valence-corrected chi connectivity index (χ2v) is 4.72. The molecule has 0 aliphatic carbocycles. The van der Waals surface area contributed by atoms with Crippen molar-refractivity contribution in [3.8, 4) is 10.8 Å². The van der Waals surface area contributed by atoms with E-state index in [4.69, 9.17) is 9.52 Å². The smallest absolute Gasteiger partial charge is 0.328 e. The Hall–Kier alpha value is -1.95. The van der Waals surface area contributed by atoms with Gasteiger partial charge in [0.25, 0.3) is 5.89 Å². The van der Waals surface area contributed by atoms with Crippen LogP contribution in [0.3, 0.4) is 0 Å². The lowest BCUT2D eigenvalue weighted by molar-refractivity contribution is -0.131. The standard InChI is InChI=1S/C11H10N2O3S/c1-6-5-8(17-7(6)2)11-13-12-9(16-11)3-4-10(14)15/h3-5H,1-2H3,(H,14,15)/b4-3+. The van der Waals surface area contributed by atoms with E-state index in [2.05, 4.69) is 10.2 Å². The Bertz CT molecular complexity index is 564. The van der Waals surface area contributed by atoms with Crippen LogP contribution in [-0.2, 0) is 4.79 Å². The summed E-state index contributed by atoms with van der Waals surface area (Å²) in [4.78, 5) is 12.4. The Balaban J connectivity index is 2.26. The van der Waals surface area contributed by atoms with Gasteiger partial charge in [0.05, 0.1) is 4.88 Å². The monoisotopic (exact) mass is 250 g/mol. The fourth-order valence-corrected chi connectivity index (χ4v) is 2.18. The van der Waals surface area contributed by atoms with Gasteiger partial charge in [-0.15, -0.1) is 21.5 Å². The minimum Gasteiger partial charge on any atom is -0.478 e. The Morgan fingerprint density at radius 1 is 1.47 bits per heavy atom. The summed E-state index contributed by atoms with van der Waals surface area (Å²) in [6, 6.07) is 1.97. The molecule has 0 aliphatic heterocycles. The molecule has 0 fully saturated rings. The van der Waals surface area contributed by atoms with E-state index in [1.165, 1.54) is 16.5 Å². The predicted molar refractivity (Wildman–Crippen MR) is 63.8 cm³/mol. The third-order valence-corrected chi connectivity index (χ3v) is 3.33. The lowest BCUT2D eigenvalue weighted by atomic mass is 10.3. The molecule has 6 heteroatoms. The minimum absolute atomic E-state index is 0.186. The highest BCUT2D eigenvalue weighted by molar-refractivity contribution is 7.15. The van der Waals surface area contributed by atoms with Gasteiger partial charge >= 0.3 is 5.97 Å². The summed E-state index contributed by atoms with van der Waals surface area (Å²) in [6.45, 7) is 4.03. The molecule has 2 aromatic rings. The van der Waals surface area contributed by atoms with E-state index in [1.807, 2.05) is 19.9 Å². The molecule has 0 bridgehead atoms. The molecule has 5 nitrogen and oxygen atoms in total. The molecule has 2 heterocycles. The van der Waals surface area contributed by atoms with Gasteiger partial charge in [-0.25, -0.2) is 4.79 Å². The molecule has 0 saturated heterocycles. The minimum atomic E-state index is -1.05. The number of aliphatic carboxylic acids is 1. The Morgan fingerprint density at radius 3 is 2.82 bits per heavy atom. The van der Waals surface area contributed by atoms with Crippen molar-refractivity contribution in [2.45, 2.75) is 13.8 Å². The van der Waals surface area contributed by atoms with E-state index in [9.17, 15) is 4.79 Å². The summed E-state index contributed by atoms with van der Waals surface area (Å²) in [7, 11) is 0. The van der Waals surface area contributed by atoms with Crippen LogP contribution in [0.25, 0.3) is 16.8 Å². The molecular weight excluding hydrogens is 240 g/mol. The average molecular weight is 250 g/mol. The van der Waals surface area contributed by atoms with Crippen LogP contribution in [0, 0.1) is 13.8 Å². The molecule has 0 aromatic carbocycles. The van der Waals surface area contributed by atoms with Crippen LogP contribution in [-0.4, -0.2) is 21.3 Å². The maximum absolute atomic E-state index is 10.3. The quantitative estimate of drug-likeness (QED) is 0.847. The Morgan fingerprint density at radius 2 is 2.24 bits per heavy atom. The first-order chi connectivity index (χ1) is 8.06. The molecule has 0 unspecified atom stereocenters. The third-order valence-electron chi connectivity index (χ3n) is 2.19. The molecule has 88 valence electrons. The fraction of sp³-hybridized carbons (Fsp3) is 0.182. The van der Waals surface area contributed by atoms with E-state index in [1.54, 1.807) is 11.3 Å². The van der Waals surface area contributed by atoms with E-state index in [-0.39, 0.29) is 5.89 Å². The Kier molecular flexibility index (Phi) is 3.06. The number of thiophene rings is 1. The second kappa shape index (κ2) is 4.50. The van der Waals surface area contributed by atoms with Crippen molar-refractivity contribution in [3.05, 3.63) is 28.5 Å². The number of hydrogen-bond donors (Lipinski definition) is 1. The topological polar surface area (TPSA) is 76.2 Å². The number of rotatable bonds is 3. The number of carboxylic acids is 1. The fourth-order valence-electron chi connectivity index (χ4n) is 1.22. The first-order valence-corrected chi connectivity index (χ1v) is 5.70. The largest absolute Gasteiger partial charge is 0.478 e. The summed E-state index contributed by atoms with van der Waals surface area (Å²) in [5.41, 5.74) is 1.17. The van der Waals surface area contributed by atoms with E-state index < -0.39 is 5.97 Å². The van der Waals surface area contributed by atoms with Crippen LogP contribution >= 0.6 is 11.3 Å². The number of carboxylic acid groups (broad SMARTS) is 1. The number of aryl methyl sites for hydroxylation is 2. The predicted octanol–water partition coefficient (Wildman–Crippen LogP) is 2.51. The molecule has 0 amide bonds. The highest BCUT2D eigenvalue weighted by Crippen LogP contribution is 2.29. The van der Waals surface area contributed by atoms with Crippen LogP contribution in [0.2, 0.25) is 0 Å². The zero-order valence-corrected chi connectivity index (χ0v) is 10.1. The Labute approximate surface area is 101 Å². The first kappa shape index (κ1) is 11.5. The molecule has 0 spiro atoms.